The van der Waals surface area contributed by atoms with E-state index in [0.717, 1.165) is 32.1 Å². The molecule has 1 aliphatic carbocycles. The van der Waals surface area contributed by atoms with Gasteiger partial charge in [0.1, 0.15) is 4.90 Å². The summed E-state index contributed by atoms with van der Waals surface area (Å²) in [6.45, 7) is 4.64. The zero-order valence-corrected chi connectivity index (χ0v) is 13.5. The molecule has 0 aliphatic heterocycles. The van der Waals surface area contributed by atoms with Gasteiger partial charge in [-0.25, -0.2) is 8.42 Å². The number of aromatic amines is 1. The van der Waals surface area contributed by atoms with Crippen molar-refractivity contribution in [2.24, 2.45) is 5.92 Å². The van der Waals surface area contributed by atoms with Crippen LogP contribution in [0.2, 0.25) is 0 Å². The highest BCUT2D eigenvalue weighted by atomic mass is 32.2. The van der Waals surface area contributed by atoms with Crippen LogP contribution < -0.4 is 5.43 Å². The molecule has 0 atom stereocenters. The van der Waals surface area contributed by atoms with Crippen LogP contribution in [-0.2, 0) is 10.0 Å². The van der Waals surface area contributed by atoms with Crippen molar-refractivity contribution in [2.75, 3.05) is 6.54 Å². The van der Waals surface area contributed by atoms with E-state index in [1.54, 1.807) is 4.31 Å². The van der Waals surface area contributed by atoms with E-state index >= 15 is 0 Å². The monoisotopic (exact) mass is 312 g/mol. The predicted octanol–water partition coefficient (Wildman–Crippen LogP) is 2.35. The van der Waals surface area contributed by atoms with E-state index in [9.17, 15) is 13.2 Å². The number of sulfonamides is 1. The number of nitrogens with zero attached hydrogens (tertiary/aromatic N) is 1. The van der Waals surface area contributed by atoms with E-state index in [0.29, 0.717) is 12.5 Å². The molecule has 5 nitrogen and oxygen atoms in total. The molecule has 0 saturated heterocycles. The molecule has 0 spiro atoms. The number of H-pyrrole nitrogens is 1. The summed E-state index contributed by atoms with van der Waals surface area (Å²) in [4.78, 5) is 14.5. The van der Waals surface area contributed by atoms with Gasteiger partial charge in [-0.05, 0) is 25.2 Å². The zero-order valence-electron chi connectivity index (χ0n) is 12.7. The van der Waals surface area contributed by atoms with E-state index in [-0.39, 0.29) is 10.9 Å². The topological polar surface area (TPSA) is 70.2 Å². The number of nitrogens with one attached hydrogen (secondary N) is 1. The second-order valence-electron chi connectivity index (χ2n) is 6.11. The van der Waals surface area contributed by atoms with Gasteiger partial charge in [0, 0.05) is 31.0 Å². The highest BCUT2D eigenvalue weighted by Gasteiger charge is 2.34. The maximum Gasteiger partial charge on any atom is 0.248 e. The summed E-state index contributed by atoms with van der Waals surface area (Å²) >= 11 is 0. The van der Waals surface area contributed by atoms with Crippen LogP contribution >= 0.6 is 0 Å². The average molecular weight is 312 g/mol. The smallest absolute Gasteiger partial charge is 0.248 e. The van der Waals surface area contributed by atoms with Gasteiger partial charge >= 0.3 is 0 Å². The van der Waals surface area contributed by atoms with Crippen molar-refractivity contribution in [3.63, 3.8) is 0 Å². The molecular weight excluding hydrogens is 288 g/mol. The molecule has 1 heterocycles. The van der Waals surface area contributed by atoms with Crippen molar-refractivity contribution in [1.29, 1.82) is 0 Å². The highest BCUT2D eigenvalue weighted by molar-refractivity contribution is 7.89. The van der Waals surface area contributed by atoms with Crippen LogP contribution in [0.3, 0.4) is 0 Å². The molecule has 1 aromatic heterocycles. The van der Waals surface area contributed by atoms with E-state index in [2.05, 4.69) is 18.8 Å². The molecule has 21 heavy (non-hydrogen) atoms. The average Bonchev–Trinajstić information content (AvgIpc) is 2.92. The van der Waals surface area contributed by atoms with Gasteiger partial charge < -0.3 is 4.98 Å². The van der Waals surface area contributed by atoms with E-state index in [1.807, 2.05) is 0 Å². The third-order valence-electron chi connectivity index (χ3n) is 4.03. The Hall–Kier alpha value is -1.14. The normalized spacial score (nSPS) is 17.0. The molecule has 0 aromatic carbocycles. The van der Waals surface area contributed by atoms with Gasteiger partial charge in [-0.2, -0.15) is 4.31 Å². The Morgan fingerprint density at radius 1 is 1.33 bits per heavy atom. The van der Waals surface area contributed by atoms with Gasteiger partial charge in [0.25, 0.3) is 0 Å². The molecule has 0 radical (unpaired) electrons. The lowest BCUT2D eigenvalue weighted by Gasteiger charge is -2.28. The molecule has 1 N–H and O–H groups in total. The summed E-state index contributed by atoms with van der Waals surface area (Å²) in [6.07, 6.45) is 7.46. The van der Waals surface area contributed by atoms with E-state index < -0.39 is 15.5 Å². The lowest BCUT2D eigenvalue weighted by Crippen LogP contribution is -2.41. The van der Waals surface area contributed by atoms with Gasteiger partial charge in [0.05, 0.1) is 0 Å². The molecule has 0 amide bonds. The number of hydrogen-bond donors (Lipinski definition) is 1. The second kappa shape index (κ2) is 6.75. The van der Waals surface area contributed by atoms with E-state index in [1.165, 1.54) is 18.5 Å². The largest absolute Gasteiger partial charge is 0.366 e. The van der Waals surface area contributed by atoms with Gasteiger partial charge in [-0.15, -0.1) is 0 Å². The van der Waals surface area contributed by atoms with Crippen molar-refractivity contribution in [1.82, 2.24) is 9.29 Å². The third kappa shape index (κ3) is 3.74. The molecule has 0 bridgehead atoms. The molecule has 0 unspecified atom stereocenters. The lowest BCUT2D eigenvalue weighted by molar-refractivity contribution is 0.304. The minimum absolute atomic E-state index is 0.0355. The SMILES string of the molecule is CC(C)CCN(C1CCCC1)S(=O)(=O)c1c[nH]ccc1=O. The summed E-state index contributed by atoms with van der Waals surface area (Å²) in [5, 5.41) is 0. The number of aromatic nitrogens is 1. The van der Waals surface area contributed by atoms with Crippen molar-refractivity contribution in [2.45, 2.75) is 56.9 Å². The Labute approximate surface area is 126 Å². The molecular formula is C15H24N2O3S. The van der Waals surface area contributed by atoms with Crippen molar-refractivity contribution in [3.8, 4) is 0 Å². The van der Waals surface area contributed by atoms with Crippen LogP contribution in [0.5, 0.6) is 0 Å². The van der Waals surface area contributed by atoms with Crippen molar-refractivity contribution < 1.29 is 8.42 Å². The Balaban J connectivity index is 2.34. The number of pyridine rings is 1. The lowest BCUT2D eigenvalue weighted by atomic mass is 10.1. The molecule has 1 fully saturated rings. The quantitative estimate of drug-likeness (QED) is 0.876. The van der Waals surface area contributed by atoms with Crippen LogP contribution in [-0.4, -0.2) is 30.3 Å². The molecule has 1 aromatic rings. The van der Waals surface area contributed by atoms with Crippen LogP contribution in [0.4, 0.5) is 0 Å². The van der Waals surface area contributed by atoms with Crippen LogP contribution in [0.15, 0.2) is 28.2 Å². The molecule has 1 saturated carbocycles. The second-order valence-corrected chi connectivity index (χ2v) is 7.97. The third-order valence-corrected chi connectivity index (χ3v) is 6.01. The fourth-order valence-corrected chi connectivity index (χ4v) is 4.55. The number of hydrogen-bond acceptors (Lipinski definition) is 3. The Morgan fingerprint density at radius 3 is 2.57 bits per heavy atom. The summed E-state index contributed by atoms with van der Waals surface area (Å²) in [5.41, 5.74) is -0.443. The minimum Gasteiger partial charge on any atom is -0.366 e. The van der Waals surface area contributed by atoms with Crippen molar-refractivity contribution in [3.05, 3.63) is 28.7 Å². The maximum absolute atomic E-state index is 12.9. The standard InChI is InChI=1S/C15H24N2O3S/c1-12(2)8-10-17(13-5-3-4-6-13)21(19,20)15-11-16-9-7-14(15)18/h7,9,11-13H,3-6,8,10H2,1-2H3,(H,16,18). The van der Waals surface area contributed by atoms with Crippen LogP contribution in [0.1, 0.15) is 46.0 Å². The molecule has 1 aliphatic rings. The maximum atomic E-state index is 12.9. The minimum atomic E-state index is -3.72. The van der Waals surface area contributed by atoms with Crippen molar-refractivity contribution >= 4 is 10.0 Å². The Kier molecular flexibility index (Phi) is 5.22. The first kappa shape index (κ1) is 16.2. The van der Waals surface area contributed by atoms with Gasteiger partial charge in [0.15, 0.2) is 0 Å². The summed E-state index contributed by atoms with van der Waals surface area (Å²) < 4.78 is 27.3. The fraction of sp³-hybridized carbons (Fsp3) is 0.667. The molecule has 118 valence electrons. The van der Waals surface area contributed by atoms with E-state index in [4.69, 9.17) is 0 Å². The molecule has 2 rings (SSSR count). The van der Waals surface area contributed by atoms with Gasteiger partial charge in [-0.3, -0.25) is 4.79 Å². The summed E-state index contributed by atoms with van der Waals surface area (Å²) in [5.74, 6) is 0.429. The van der Waals surface area contributed by atoms with Gasteiger partial charge in [0.2, 0.25) is 15.5 Å². The first-order chi connectivity index (χ1) is 9.93. The Morgan fingerprint density at radius 2 is 2.00 bits per heavy atom. The fourth-order valence-electron chi connectivity index (χ4n) is 2.81. The highest BCUT2D eigenvalue weighted by Crippen LogP contribution is 2.28. The summed E-state index contributed by atoms with van der Waals surface area (Å²) in [7, 11) is -3.72. The van der Waals surface area contributed by atoms with Gasteiger partial charge in [-0.1, -0.05) is 26.7 Å². The zero-order chi connectivity index (χ0) is 15.5. The Bertz CT molecular complexity index is 616. The predicted molar refractivity (Wildman–Crippen MR) is 82.7 cm³/mol. The first-order valence-corrected chi connectivity index (χ1v) is 9.06. The van der Waals surface area contributed by atoms with Crippen LogP contribution in [0.25, 0.3) is 0 Å². The number of rotatable bonds is 6. The summed E-state index contributed by atoms with van der Waals surface area (Å²) in [6, 6.07) is 1.30. The molecule has 6 heteroatoms. The van der Waals surface area contributed by atoms with Crippen LogP contribution in [0, 0.1) is 5.92 Å². The first-order valence-electron chi connectivity index (χ1n) is 7.62.